The van der Waals surface area contributed by atoms with Crippen LogP contribution in [0, 0.1) is 6.92 Å². The molecule has 0 radical (unpaired) electrons. The fourth-order valence-corrected chi connectivity index (χ4v) is 1.79. The van der Waals surface area contributed by atoms with Crippen molar-refractivity contribution < 1.29 is 0 Å². The number of hydrogen-bond donors (Lipinski definition) is 1. The van der Waals surface area contributed by atoms with Gasteiger partial charge in [0, 0.05) is 10.7 Å². The van der Waals surface area contributed by atoms with Crippen LogP contribution in [0.5, 0.6) is 0 Å². The monoisotopic (exact) mass is 297 g/mol. The number of thiocarbonyl (C=S) groups is 1. The number of halogens is 1. The highest BCUT2D eigenvalue weighted by Crippen LogP contribution is 2.15. The molecule has 0 spiro atoms. The highest BCUT2D eigenvalue weighted by molar-refractivity contribution is 9.10. The molecule has 0 aliphatic heterocycles. The second-order valence-electron chi connectivity index (χ2n) is 3.17. The van der Waals surface area contributed by atoms with Crippen LogP contribution in [0.2, 0.25) is 0 Å². The number of aromatic nitrogens is 4. The minimum Gasteiger partial charge on any atom is -0.387 e. The molecule has 2 rings (SSSR count). The van der Waals surface area contributed by atoms with E-state index in [0.717, 1.165) is 10.0 Å². The minimum absolute atomic E-state index is 0.175. The summed E-state index contributed by atoms with van der Waals surface area (Å²) in [5, 5.41) is 4.13. The van der Waals surface area contributed by atoms with Crippen LogP contribution in [0.15, 0.2) is 23.1 Å². The van der Waals surface area contributed by atoms with E-state index in [0.29, 0.717) is 11.6 Å². The Hall–Kier alpha value is -1.34. The predicted molar refractivity (Wildman–Crippen MR) is 67.5 cm³/mol. The Kier molecular flexibility index (Phi) is 2.97. The summed E-state index contributed by atoms with van der Waals surface area (Å²) in [5.74, 6) is 1.05. The number of rotatable bonds is 2. The van der Waals surface area contributed by atoms with E-state index in [2.05, 4.69) is 31.0 Å². The number of hydrogen-bond acceptors (Lipinski definition) is 4. The zero-order valence-electron chi connectivity index (χ0n) is 8.38. The molecule has 0 amide bonds. The van der Waals surface area contributed by atoms with Crippen LogP contribution < -0.4 is 5.73 Å². The highest BCUT2D eigenvalue weighted by atomic mass is 79.9. The summed E-state index contributed by atoms with van der Waals surface area (Å²) in [7, 11) is 0. The van der Waals surface area contributed by atoms with Gasteiger partial charge in [0.15, 0.2) is 5.82 Å². The molecule has 0 atom stereocenters. The first-order chi connectivity index (χ1) is 7.58. The molecular weight excluding hydrogens is 290 g/mol. The molecule has 2 aromatic rings. The van der Waals surface area contributed by atoms with Crippen LogP contribution in [0.1, 0.15) is 11.4 Å². The molecule has 0 unspecified atom stereocenters. The molecule has 0 bridgehead atoms. The van der Waals surface area contributed by atoms with Crippen molar-refractivity contribution in [3.8, 4) is 5.82 Å². The lowest BCUT2D eigenvalue weighted by molar-refractivity contribution is 0.832. The molecule has 2 aromatic heterocycles. The van der Waals surface area contributed by atoms with Gasteiger partial charge in [-0.25, -0.2) is 14.6 Å². The molecule has 82 valence electrons. The molecule has 0 aromatic carbocycles. The summed E-state index contributed by atoms with van der Waals surface area (Å²) < 4.78 is 2.47. The highest BCUT2D eigenvalue weighted by Gasteiger charge is 2.08. The quantitative estimate of drug-likeness (QED) is 0.848. The lowest BCUT2D eigenvalue weighted by Gasteiger charge is -2.03. The molecule has 2 heterocycles. The maximum absolute atomic E-state index is 5.43. The van der Waals surface area contributed by atoms with Crippen molar-refractivity contribution in [1.29, 1.82) is 0 Å². The minimum atomic E-state index is 0.175. The molecule has 7 heteroatoms. The Morgan fingerprint density at radius 1 is 1.50 bits per heavy atom. The van der Waals surface area contributed by atoms with Crippen LogP contribution in [0.3, 0.4) is 0 Å². The average molecular weight is 298 g/mol. The normalized spacial score (nSPS) is 10.4. The number of aryl methyl sites for hydroxylation is 1. The van der Waals surface area contributed by atoms with Crippen molar-refractivity contribution >= 4 is 33.1 Å². The Morgan fingerprint density at radius 3 is 2.81 bits per heavy atom. The zero-order chi connectivity index (χ0) is 11.7. The van der Waals surface area contributed by atoms with E-state index >= 15 is 0 Å². The summed E-state index contributed by atoms with van der Waals surface area (Å²) in [4.78, 5) is 8.41. The van der Waals surface area contributed by atoms with Crippen LogP contribution in [-0.4, -0.2) is 24.7 Å². The van der Waals surface area contributed by atoms with Crippen molar-refractivity contribution in [2.24, 2.45) is 5.73 Å². The SMILES string of the molecule is Cc1cc(Br)cnc1-n1cnc(C(N)=S)n1. The Morgan fingerprint density at radius 2 is 2.25 bits per heavy atom. The summed E-state index contributed by atoms with van der Waals surface area (Å²) in [6, 6.07) is 1.95. The molecule has 0 aliphatic rings. The van der Waals surface area contributed by atoms with E-state index < -0.39 is 0 Å². The van der Waals surface area contributed by atoms with Gasteiger partial charge in [-0.1, -0.05) is 12.2 Å². The average Bonchev–Trinajstić information content (AvgIpc) is 2.66. The second kappa shape index (κ2) is 4.26. The number of nitrogens with zero attached hydrogens (tertiary/aromatic N) is 4. The smallest absolute Gasteiger partial charge is 0.208 e. The maximum Gasteiger partial charge on any atom is 0.208 e. The van der Waals surface area contributed by atoms with Crippen LogP contribution in [0.25, 0.3) is 5.82 Å². The molecule has 2 N–H and O–H groups in total. The van der Waals surface area contributed by atoms with Gasteiger partial charge in [-0.05, 0) is 34.5 Å². The van der Waals surface area contributed by atoms with Crippen molar-refractivity contribution in [3.63, 3.8) is 0 Å². The Balaban J connectivity index is 2.46. The molecule has 5 nitrogen and oxygen atoms in total. The van der Waals surface area contributed by atoms with Crippen molar-refractivity contribution in [3.05, 3.63) is 34.5 Å². The number of pyridine rings is 1. The topological polar surface area (TPSA) is 69.6 Å². The van der Waals surface area contributed by atoms with Gasteiger partial charge < -0.3 is 5.73 Å². The fourth-order valence-electron chi connectivity index (χ4n) is 1.25. The molecular formula is C9H8BrN5S. The standard InChI is InChI=1S/C9H8BrN5S/c1-5-2-6(10)3-12-9(5)15-4-13-8(14-15)7(11)16/h2-4H,1H3,(H2,11,16). The van der Waals surface area contributed by atoms with Gasteiger partial charge >= 0.3 is 0 Å². The van der Waals surface area contributed by atoms with Crippen LogP contribution in [0.4, 0.5) is 0 Å². The fraction of sp³-hybridized carbons (Fsp3) is 0.111. The third-order valence-corrected chi connectivity index (χ3v) is 2.56. The third kappa shape index (κ3) is 2.10. The van der Waals surface area contributed by atoms with Gasteiger partial charge in [0.2, 0.25) is 5.82 Å². The first kappa shape index (κ1) is 11.2. The van der Waals surface area contributed by atoms with Gasteiger partial charge in [-0.2, -0.15) is 0 Å². The summed E-state index contributed by atoms with van der Waals surface area (Å²) in [6.07, 6.45) is 3.24. The lowest BCUT2D eigenvalue weighted by atomic mass is 10.3. The molecule has 0 saturated carbocycles. The number of nitrogens with two attached hydrogens (primary N) is 1. The molecule has 0 fully saturated rings. The van der Waals surface area contributed by atoms with Gasteiger partial charge in [-0.3, -0.25) is 0 Å². The van der Waals surface area contributed by atoms with Gasteiger partial charge in [0.1, 0.15) is 11.3 Å². The third-order valence-electron chi connectivity index (χ3n) is 1.95. The summed E-state index contributed by atoms with van der Waals surface area (Å²) >= 11 is 8.14. The van der Waals surface area contributed by atoms with Gasteiger partial charge in [-0.15, -0.1) is 5.10 Å². The van der Waals surface area contributed by atoms with E-state index in [-0.39, 0.29) is 4.99 Å². The van der Waals surface area contributed by atoms with Crippen LogP contribution in [-0.2, 0) is 0 Å². The summed E-state index contributed by atoms with van der Waals surface area (Å²) in [5.41, 5.74) is 6.41. The van der Waals surface area contributed by atoms with Gasteiger partial charge in [0.05, 0.1) is 0 Å². The van der Waals surface area contributed by atoms with E-state index in [1.54, 1.807) is 10.9 Å². The van der Waals surface area contributed by atoms with Crippen molar-refractivity contribution in [1.82, 2.24) is 19.7 Å². The van der Waals surface area contributed by atoms with E-state index in [1.807, 2.05) is 13.0 Å². The van der Waals surface area contributed by atoms with Crippen molar-refractivity contribution in [2.75, 3.05) is 0 Å². The lowest BCUT2D eigenvalue weighted by Crippen LogP contribution is -2.12. The first-order valence-corrected chi connectivity index (χ1v) is 5.62. The van der Waals surface area contributed by atoms with Crippen LogP contribution >= 0.6 is 28.1 Å². The first-order valence-electron chi connectivity index (χ1n) is 4.42. The Bertz CT molecular complexity index is 551. The predicted octanol–water partition coefficient (Wildman–Crippen LogP) is 1.37. The van der Waals surface area contributed by atoms with Crippen molar-refractivity contribution in [2.45, 2.75) is 6.92 Å². The van der Waals surface area contributed by atoms with E-state index in [9.17, 15) is 0 Å². The molecule has 0 aliphatic carbocycles. The van der Waals surface area contributed by atoms with Gasteiger partial charge in [0.25, 0.3) is 0 Å². The molecule has 16 heavy (non-hydrogen) atoms. The second-order valence-corrected chi connectivity index (χ2v) is 4.53. The van der Waals surface area contributed by atoms with E-state index in [4.69, 9.17) is 18.0 Å². The Labute approximate surface area is 106 Å². The zero-order valence-corrected chi connectivity index (χ0v) is 10.8. The largest absolute Gasteiger partial charge is 0.387 e. The molecule has 0 saturated heterocycles. The maximum atomic E-state index is 5.43. The summed E-state index contributed by atoms with van der Waals surface area (Å²) in [6.45, 7) is 1.94. The van der Waals surface area contributed by atoms with E-state index in [1.165, 1.54) is 6.33 Å².